The Hall–Kier alpha value is -2.63. The highest BCUT2D eigenvalue weighted by atomic mass is 16.5. The number of rotatable bonds is 4. The summed E-state index contributed by atoms with van der Waals surface area (Å²) in [4.78, 5) is 23.1. The molecular formula is C18H22N4O2. The monoisotopic (exact) mass is 326 g/mol. The number of amides is 1. The molecule has 2 aromatic rings. The Bertz CT molecular complexity index is 712. The first-order valence-corrected chi connectivity index (χ1v) is 8.18. The normalized spacial score (nSPS) is 15.2. The fraction of sp³-hybridized carbons (Fsp3) is 0.389. The first-order chi connectivity index (χ1) is 11.7. The van der Waals surface area contributed by atoms with Gasteiger partial charge in [-0.3, -0.25) is 4.79 Å². The van der Waals surface area contributed by atoms with Gasteiger partial charge in [0, 0.05) is 24.7 Å². The van der Waals surface area contributed by atoms with E-state index < -0.39 is 0 Å². The number of carbonyl (C=O) groups is 1. The van der Waals surface area contributed by atoms with E-state index in [1.165, 1.54) is 6.33 Å². The van der Waals surface area contributed by atoms with E-state index >= 15 is 0 Å². The van der Waals surface area contributed by atoms with Crippen LogP contribution in [0.4, 0.5) is 11.6 Å². The Kier molecular flexibility index (Phi) is 4.93. The van der Waals surface area contributed by atoms with Gasteiger partial charge in [-0.25, -0.2) is 9.97 Å². The average molecular weight is 326 g/mol. The summed E-state index contributed by atoms with van der Waals surface area (Å²) >= 11 is 0. The molecule has 0 unspecified atom stereocenters. The van der Waals surface area contributed by atoms with Crippen molar-refractivity contribution in [1.82, 2.24) is 9.97 Å². The largest absolute Gasteiger partial charge is 0.497 e. The summed E-state index contributed by atoms with van der Waals surface area (Å²) in [5.41, 5.74) is 0.529. The zero-order chi connectivity index (χ0) is 16.9. The van der Waals surface area contributed by atoms with Gasteiger partial charge in [0.15, 0.2) is 0 Å². The zero-order valence-electron chi connectivity index (χ0n) is 14.0. The second-order valence-corrected chi connectivity index (χ2v) is 6.12. The van der Waals surface area contributed by atoms with Crippen molar-refractivity contribution in [1.29, 1.82) is 0 Å². The molecule has 6 heteroatoms. The number of methoxy groups -OCH3 is 1. The number of carbonyl (C=O) groups excluding carboxylic acids is 1. The zero-order valence-corrected chi connectivity index (χ0v) is 14.0. The van der Waals surface area contributed by atoms with Crippen LogP contribution in [-0.2, 0) is 0 Å². The van der Waals surface area contributed by atoms with Gasteiger partial charge in [-0.05, 0) is 37.0 Å². The first-order valence-electron chi connectivity index (χ1n) is 8.18. The Morgan fingerprint density at radius 2 is 2.04 bits per heavy atom. The SMILES string of the molecule is COc1cccc(C(=O)Nc2cc(N3CCC(C)CC3)ncn2)c1. The van der Waals surface area contributed by atoms with Gasteiger partial charge < -0.3 is 15.0 Å². The van der Waals surface area contributed by atoms with Gasteiger partial charge in [0.1, 0.15) is 23.7 Å². The highest BCUT2D eigenvalue weighted by Gasteiger charge is 2.17. The number of hydrogen-bond donors (Lipinski definition) is 1. The van der Waals surface area contributed by atoms with Gasteiger partial charge in [0.25, 0.3) is 5.91 Å². The second kappa shape index (κ2) is 7.29. The third-order valence-corrected chi connectivity index (χ3v) is 4.33. The van der Waals surface area contributed by atoms with Crippen molar-refractivity contribution in [3.8, 4) is 5.75 Å². The lowest BCUT2D eigenvalue weighted by atomic mass is 9.99. The van der Waals surface area contributed by atoms with Gasteiger partial charge in [-0.2, -0.15) is 0 Å². The lowest BCUT2D eigenvalue weighted by molar-refractivity contribution is 0.102. The van der Waals surface area contributed by atoms with Crippen LogP contribution in [0.5, 0.6) is 5.75 Å². The number of nitrogens with one attached hydrogen (secondary N) is 1. The minimum absolute atomic E-state index is 0.217. The number of benzene rings is 1. The van der Waals surface area contributed by atoms with E-state index in [9.17, 15) is 4.79 Å². The van der Waals surface area contributed by atoms with Gasteiger partial charge in [0.05, 0.1) is 7.11 Å². The maximum atomic E-state index is 12.4. The van der Waals surface area contributed by atoms with Crippen LogP contribution in [0.2, 0.25) is 0 Å². The van der Waals surface area contributed by atoms with E-state index in [0.717, 1.165) is 37.7 Å². The Morgan fingerprint density at radius 3 is 2.79 bits per heavy atom. The van der Waals surface area contributed by atoms with Crippen molar-refractivity contribution in [3.05, 3.63) is 42.2 Å². The molecule has 1 aromatic carbocycles. The third kappa shape index (κ3) is 3.82. The Balaban J connectivity index is 1.71. The fourth-order valence-electron chi connectivity index (χ4n) is 2.78. The molecule has 0 radical (unpaired) electrons. The molecule has 1 aromatic heterocycles. The van der Waals surface area contributed by atoms with E-state index in [1.54, 1.807) is 31.4 Å². The van der Waals surface area contributed by atoms with Crippen molar-refractivity contribution >= 4 is 17.5 Å². The number of piperidine rings is 1. The molecule has 1 aliphatic heterocycles. The van der Waals surface area contributed by atoms with E-state index in [1.807, 2.05) is 6.07 Å². The van der Waals surface area contributed by atoms with Crippen LogP contribution in [0.3, 0.4) is 0 Å². The smallest absolute Gasteiger partial charge is 0.256 e. The molecule has 1 N–H and O–H groups in total. The molecule has 6 nitrogen and oxygen atoms in total. The second-order valence-electron chi connectivity index (χ2n) is 6.12. The van der Waals surface area contributed by atoms with Gasteiger partial charge in [-0.1, -0.05) is 13.0 Å². The van der Waals surface area contributed by atoms with E-state index in [0.29, 0.717) is 17.1 Å². The maximum Gasteiger partial charge on any atom is 0.256 e. The molecule has 126 valence electrons. The summed E-state index contributed by atoms with van der Waals surface area (Å²) in [6.07, 6.45) is 3.82. The number of aromatic nitrogens is 2. The highest BCUT2D eigenvalue weighted by Crippen LogP contribution is 2.22. The molecule has 1 saturated heterocycles. The van der Waals surface area contributed by atoms with Gasteiger partial charge in [-0.15, -0.1) is 0 Å². The van der Waals surface area contributed by atoms with Crippen molar-refractivity contribution < 1.29 is 9.53 Å². The molecular weight excluding hydrogens is 304 g/mol. The number of nitrogens with zero attached hydrogens (tertiary/aromatic N) is 3. The summed E-state index contributed by atoms with van der Waals surface area (Å²) in [6.45, 7) is 4.25. The summed E-state index contributed by atoms with van der Waals surface area (Å²) in [5.74, 6) is 2.55. The van der Waals surface area contributed by atoms with Crippen LogP contribution in [0.1, 0.15) is 30.1 Å². The Labute approximate surface area is 141 Å². The molecule has 0 saturated carbocycles. The molecule has 0 spiro atoms. The first kappa shape index (κ1) is 16.2. The predicted molar refractivity (Wildman–Crippen MR) is 93.6 cm³/mol. The quantitative estimate of drug-likeness (QED) is 0.935. The molecule has 0 atom stereocenters. The molecule has 1 aliphatic rings. The number of ether oxygens (including phenoxy) is 1. The topological polar surface area (TPSA) is 67.3 Å². The van der Waals surface area contributed by atoms with Crippen LogP contribution in [-0.4, -0.2) is 36.1 Å². The highest BCUT2D eigenvalue weighted by molar-refractivity contribution is 6.04. The maximum absolute atomic E-state index is 12.4. The number of anilines is 2. The molecule has 1 amide bonds. The van der Waals surface area contributed by atoms with Crippen molar-refractivity contribution in [2.24, 2.45) is 5.92 Å². The van der Waals surface area contributed by atoms with Crippen molar-refractivity contribution in [2.45, 2.75) is 19.8 Å². The number of hydrogen-bond acceptors (Lipinski definition) is 5. The molecule has 0 aliphatic carbocycles. The Morgan fingerprint density at radius 1 is 1.25 bits per heavy atom. The van der Waals surface area contributed by atoms with E-state index in [-0.39, 0.29) is 5.91 Å². The average Bonchev–Trinajstić information content (AvgIpc) is 2.62. The molecule has 2 heterocycles. The van der Waals surface area contributed by atoms with Crippen LogP contribution < -0.4 is 15.0 Å². The van der Waals surface area contributed by atoms with Crippen LogP contribution >= 0.6 is 0 Å². The lowest BCUT2D eigenvalue weighted by Gasteiger charge is -2.31. The minimum atomic E-state index is -0.217. The van der Waals surface area contributed by atoms with Gasteiger partial charge in [0.2, 0.25) is 0 Å². The van der Waals surface area contributed by atoms with Crippen molar-refractivity contribution in [2.75, 3.05) is 30.4 Å². The summed E-state index contributed by atoms with van der Waals surface area (Å²) in [7, 11) is 1.58. The molecule has 24 heavy (non-hydrogen) atoms. The van der Waals surface area contributed by atoms with Crippen LogP contribution in [0, 0.1) is 5.92 Å². The third-order valence-electron chi connectivity index (χ3n) is 4.33. The van der Waals surface area contributed by atoms with E-state index in [4.69, 9.17) is 4.74 Å². The summed E-state index contributed by atoms with van der Waals surface area (Å²) in [5, 5.41) is 2.83. The molecule has 1 fully saturated rings. The van der Waals surface area contributed by atoms with E-state index in [2.05, 4.69) is 27.1 Å². The molecule has 0 bridgehead atoms. The predicted octanol–water partition coefficient (Wildman–Crippen LogP) is 2.97. The summed E-state index contributed by atoms with van der Waals surface area (Å²) in [6, 6.07) is 8.86. The fourth-order valence-corrected chi connectivity index (χ4v) is 2.78. The van der Waals surface area contributed by atoms with Crippen molar-refractivity contribution in [3.63, 3.8) is 0 Å². The molecule has 3 rings (SSSR count). The van der Waals surface area contributed by atoms with Crippen LogP contribution in [0.15, 0.2) is 36.7 Å². The summed E-state index contributed by atoms with van der Waals surface area (Å²) < 4.78 is 5.15. The van der Waals surface area contributed by atoms with Gasteiger partial charge >= 0.3 is 0 Å². The standard InChI is InChI=1S/C18H22N4O2/c1-13-6-8-22(9-7-13)17-11-16(19-12-20-17)21-18(23)14-4-3-5-15(10-14)24-2/h3-5,10-13H,6-9H2,1-2H3,(H,19,20,21,23). The lowest BCUT2D eigenvalue weighted by Crippen LogP contribution is -2.33. The van der Waals surface area contributed by atoms with Crippen LogP contribution in [0.25, 0.3) is 0 Å². The minimum Gasteiger partial charge on any atom is -0.497 e.